The topological polar surface area (TPSA) is 46.5 Å². The number of esters is 1. The summed E-state index contributed by atoms with van der Waals surface area (Å²) in [5, 5.41) is 10.7. The molecule has 0 aromatic carbocycles. The molecule has 0 amide bonds. The lowest BCUT2D eigenvalue weighted by Gasteiger charge is -2.49. The van der Waals surface area contributed by atoms with Crippen LogP contribution in [0.15, 0.2) is 11.6 Å². The van der Waals surface area contributed by atoms with Gasteiger partial charge in [-0.3, -0.25) is 4.79 Å². The molecular formula is C17H28O3. The van der Waals surface area contributed by atoms with Crippen molar-refractivity contribution in [3.05, 3.63) is 11.6 Å². The van der Waals surface area contributed by atoms with Crippen LogP contribution in [0.1, 0.15) is 53.4 Å². The lowest BCUT2D eigenvalue weighted by Crippen LogP contribution is -2.48. The van der Waals surface area contributed by atoms with E-state index in [1.807, 2.05) is 6.92 Å². The summed E-state index contributed by atoms with van der Waals surface area (Å²) in [5.74, 6) is 1.82. The summed E-state index contributed by atoms with van der Waals surface area (Å²) in [6, 6.07) is 0. The first kappa shape index (κ1) is 15.6. The maximum atomic E-state index is 11.0. The van der Waals surface area contributed by atoms with E-state index in [-0.39, 0.29) is 5.97 Å². The summed E-state index contributed by atoms with van der Waals surface area (Å²) in [6.07, 6.45) is 6.24. The number of ether oxygens (including phenoxy) is 1. The van der Waals surface area contributed by atoms with E-state index in [0.717, 1.165) is 25.7 Å². The molecule has 2 aliphatic rings. The maximum Gasteiger partial charge on any atom is 0.302 e. The van der Waals surface area contributed by atoms with Crippen molar-refractivity contribution >= 4 is 5.97 Å². The minimum Gasteiger partial charge on any atom is -0.461 e. The Hall–Kier alpha value is -0.830. The lowest BCUT2D eigenvalue weighted by atomic mass is 9.58. The van der Waals surface area contributed by atoms with Crippen LogP contribution in [0.3, 0.4) is 0 Å². The molecule has 3 heteroatoms. The van der Waals surface area contributed by atoms with E-state index in [1.165, 1.54) is 12.5 Å². The third kappa shape index (κ3) is 3.25. The Morgan fingerprint density at radius 1 is 1.50 bits per heavy atom. The SMILES string of the molecule is CC(=O)OCC1=C[C@@H]2[C@H](C(C)C)CC[C@](C)(O)[C@H]2CC1. The predicted molar refractivity (Wildman–Crippen MR) is 79.1 cm³/mol. The number of hydrogen-bond donors (Lipinski definition) is 1. The summed E-state index contributed by atoms with van der Waals surface area (Å²) in [4.78, 5) is 11.0. The summed E-state index contributed by atoms with van der Waals surface area (Å²) in [7, 11) is 0. The molecule has 114 valence electrons. The highest BCUT2D eigenvalue weighted by Gasteiger charge is 2.46. The Kier molecular flexibility index (Phi) is 4.58. The van der Waals surface area contributed by atoms with Crippen molar-refractivity contribution in [1.82, 2.24) is 0 Å². The normalized spacial score (nSPS) is 37.3. The molecule has 20 heavy (non-hydrogen) atoms. The molecule has 2 aliphatic carbocycles. The van der Waals surface area contributed by atoms with E-state index in [1.54, 1.807) is 0 Å². The van der Waals surface area contributed by atoms with Gasteiger partial charge in [0.1, 0.15) is 6.61 Å². The largest absolute Gasteiger partial charge is 0.461 e. The Bertz CT molecular complexity index is 395. The maximum absolute atomic E-state index is 11.0. The molecule has 0 heterocycles. The van der Waals surface area contributed by atoms with Crippen molar-refractivity contribution in [3.63, 3.8) is 0 Å². The summed E-state index contributed by atoms with van der Waals surface area (Å²) < 4.78 is 5.14. The Labute approximate surface area is 122 Å². The average Bonchev–Trinajstić information content (AvgIpc) is 2.35. The van der Waals surface area contributed by atoms with Gasteiger partial charge in [-0.1, -0.05) is 19.9 Å². The second kappa shape index (κ2) is 5.88. The highest BCUT2D eigenvalue weighted by Crippen LogP contribution is 2.49. The van der Waals surface area contributed by atoms with Crippen molar-refractivity contribution in [2.24, 2.45) is 23.7 Å². The van der Waals surface area contributed by atoms with Gasteiger partial charge >= 0.3 is 5.97 Å². The highest BCUT2D eigenvalue weighted by atomic mass is 16.5. The number of allylic oxidation sites excluding steroid dienone is 1. The predicted octanol–water partition coefficient (Wildman–Crippen LogP) is 3.32. The fourth-order valence-corrected chi connectivity index (χ4v) is 4.08. The van der Waals surface area contributed by atoms with Gasteiger partial charge in [0.15, 0.2) is 0 Å². The van der Waals surface area contributed by atoms with E-state index in [4.69, 9.17) is 4.74 Å². The molecule has 0 unspecified atom stereocenters. The van der Waals surface area contributed by atoms with Crippen LogP contribution in [0, 0.1) is 23.7 Å². The first-order valence-corrected chi connectivity index (χ1v) is 7.86. The zero-order valence-electron chi connectivity index (χ0n) is 13.2. The van der Waals surface area contributed by atoms with Gasteiger partial charge in [-0.25, -0.2) is 0 Å². The first-order chi connectivity index (χ1) is 9.31. The molecule has 2 rings (SSSR count). The third-order valence-corrected chi connectivity index (χ3v) is 5.26. The quantitative estimate of drug-likeness (QED) is 0.637. The van der Waals surface area contributed by atoms with E-state index >= 15 is 0 Å². The van der Waals surface area contributed by atoms with Crippen LogP contribution in [0.5, 0.6) is 0 Å². The van der Waals surface area contributed by atoms with Gasteiger partial charge in [0.25, 0.3) is 0 Å². The van der Waals surface area contributed by atoms with Gasteiger partial charge in [0.2, 0.25) is 0 Å². The van der Waals surface area contributed by atoms with Gasteiger partial charge < -0.3 is 9.84 Å². The molecule has 0 spiro atoms. The zero-order valence-corrected chi connectivity index (χ0v) is 13.2. The molecule has 4 atom stereocenters. The van der Waals surface area contributed by atoms with Crippen molar-refractivity contribution < 1.29 is 14.6 Å². The number of rotatable bonds is 3. The van der Waals surface area contributed by atoms with Crippen molar-refractivity contribution in [1.29, 1.82) is 0 Å². The van der Waals surface area contributed by atoms with Crippen molar-refractivity contribution in [3.8, 4) is 0 Å². The molecule has 0 aromatic heterocycles. The monoisotopic (exact) mass is 280 g/mol. The number of fused-ring (bicyclic) bond motifs is 1. The second-order valence-corrected chi connectivity index (χ2v) is 7.13. The van der Waals surface area contributed by atoms with Crippen LogP contribution in [0.25, 0.3) is 0 Å². The molecule has 0 aromatic rings. The molecule has 0 radical (unpaired) electrons. The molecular weight excluding hydrogens is 252 g/mol. The van der Waals surface area contributed by atoms with Gasteiger partial charge in [0.05, 0.1) is 5.60 Å². The van der Waals surface area contributed by atoms with E-state index < -0.39 is 5.60 Å². The van der Waals surface area contributed by atoms with Crippen LogP contribution < -0.4 is 0 Å². The Morgan fingerprint density at radius 3 is 2.80 bits per heavy atom. The summed E-state index contributed by atoms with van der Waals surface area (Å²) >= 11 is 0. The van der Waals surface area contributed by atoms with Crippen LogP contribution in [-0.4, -0.2) is 23.3 Å². The van der Waals surface area contributed by atoms with Crippen molar-refractivity contribution in [2.45, 2.75) is 59.0 Å². The molecule has 0 saturated heterocycles. The minimum atomic E-state index is -0.542. The van der Waals surface area contributed by atoms with Gasteiger partial charge in [-0.2, -0.15) is 0 Å². The number of aliphatic hydroxyl groups is 1. The number of carbonyl (C=O) groups is 1. The zero-order chi connectivity index (χ0) is 14.9. The fourth-order valence-electron chi connectivity index (χ4n) is 4.08. The van der Waals surface area contributed by atoms with Gasteiger partial charge in [0, 0.05) is 6.92 Å². The second-order valence-electron chi connectivity index (χ2n) is 7.13. The molecule has 0 aliphatic heterocycles. The van der Waals surface area contributed by atoms with Crippen LogP contribution in [-0.2, 0) is 9.53 Å². The van der Waals surface area contributed by atoms with E-state index in [9.17, 15) is 9.90 Å². The standard InChI is InChI=1S/C17H28O3/c1-11(2)14-7-8-17(4,19)16-6-5-13(9-15(14)16)10-20-12(3)18/h9,11,14-16,19H,5-8,10H2,1-4H3/t14-,15+,16-,17-/m0/s1. The number of carbonyl (C=O) groups excluding carboxylic acids is 1. The molecule has 0 bridgehead atoms. The smallest absolute Gasteiger partial charge is 0.302 e. The third-order valence-electron chi connectivity index (χ3n) is 5.26. The molecule has 1 N–H and O–H groups in total. The van der Waals surface area contributed by atoms with Crippen molar-refractivity contribution in [2.75, 3.05) is 6.61 Å². The van der Waals surface area contributed by atoms with Gasteiger partial charge in [-0.15, -0.1) is 0 Å². The molecule has 1 saturated carbocycles. The Morgan fingerprint density at radius 2 is 2.20 bits per heavy atom. The summed E-state index contributed by atoms with van der Waals surface area (Å²) in [6.45, 7) is 8.41. The van der Waals surface area contributed by atoms with Crippen LogP contribution >= 0.6 is 0 Å². The fraction of sp³-hybridized carbons (Fsp3) is 0.824. The molecule has 1 fully saturated rings. The Balaban J connectivity index is 2.17. The van der Waals surface area contributed by atoms with E-state index in [2.05, 4.69) is 19.9 Å². The first-order valence-electron chi connectivity index (χ1n) is 7.86. The van der Waals surface area contributed by atoms with Crippen LogP contribution in [0.4, 0.5) is 0 Å². The average molecular weight is 280 g/mol. The summed E-state index contributed by atoms with van der Waals surface area (Å²) in [5.41, 5.74) is 0.685. The van der Waals surface area contributed by atoms with Crippen LogP contribution in [0.2, 0.25) is 0 Å². The number of hydrogen-bond acceptors (Lipinski definition) is 3. The van der Waals surface area contributed by atoms with Gasteiger partial charge in [-0.05, 0) is 61.9 Å². The highest BCUT2D eigenvalue weighted by molar-refractivity contribution is 5.66. The van der Waals surface area contributed by atoms with E-state index in [0.29, 0.717) is 30.3 Å². The lowest BCUT2D eigenvalue weighted by molar-refractivity contribution is -0.140. The minimum absolute atomic E-state index is 0.218. The molecule has 3 nitrogen and oxygen atoms in total.